The fourth-order valence-electron chi connectivity index (χ4n) is 7.45. The molecule has 6 rings (SSSR count). The van der Waals surface area contributed by atoms with Crippen LogP contribution in [0.1, 0.15) is 76.8 Å². The molecule has 2 aliphatic rings. The number of hydrogen-bond donors (Lipinski definition) is 2. The summed E-state index contributed by atoms with van der Waals surface area (Å²) in [5, 5.41) is 8.27. The second kappa shape index (κ2) is 19.9. The molecule has 0 radical (unpaired) electrons. The van der Waals surface area contributed by atoms with Crippen molar-refractivity contribution in [2.24, 2.45) is 11.3 Å². The molecular formula is C40H59N7O5S4. The lowest BCUT2D eigenvalue weighted by Crippen LogP contribution is -2.61. The maximum atomic E-state index is 14.1. The monoisotopic (exact) mass is 845 g/mol. The summed E-state index contributed by atoms with van der Waals surface area (Å²) >= 11 is 1.47. The Balaban J connectivity index is 0.00000280. The number of methoxy groups -OCH3 is 1. The number of aryl methyl sites for hydroxylation is 1. The van der Waals surface area contributed by atoms with E-state index in [1.807, 2.05) is 32.2 Å². The first-order valence-corrected chi connectivity index (χ1v) is 19.5. The Morgan fingerprint density at radius 3 is 2.62 bits per heavy atom. The number of amides is 3. The van der Waals surface area contributed by atoms with E-state index in [-0.39, 0.29) is 77.5 Å². The molecule has 2 N–H and O–H groups in total. The number of nitrogens with one attached hydrogen (secondary N) is 2. The zero-order valence-corrected chi connectivity index (χ0v) is 37.5. The Hall–Kier alpha value is -3.28. The summed E-state index contributed by atoms with van der Waals surface area (Å²) in [4.78, 5) is 52.5. The molecule has 0 aliphatic carbocycles. The molecule has 4 aromatic rings. The molecule has 1 fully saturated rings. The van der Waals surface area contributed by atoms with Crippen LogP contribution in [0.2, 0.25) is 0 Å². The first kappa shape index (κ1) is 47.1. The van der Waals surface area contributed by atoms with Gasteiger partial charge in [-0.1, -0.05) is 33.8 Å². The molecule has 5 heterocycles. The lowest BCUT2D eigenvalue weighted by molar-refractivity contribution is -0.155. The number of urea groups is 1. The number of nitrogens with zero attached hydrogens (tertiary/aromatic N) is 5. The quantitative estimate of drug-likeness (QED) is 0.196. The van der Waals surface area contributed by atoms with Crippen LogP contribution >= 0.6 is 51.8 Å². The summed E-state index contributed by atoms with van der Waals surface area (Å²) in [7, 11) is 3.42. The Labute approximate surface area is 355 Å². The van der Waals surface area contributed by atoms with Gasteiger partial charge >= 0.3 is 12.0 Å². The van der Waals surface area contributed by atoms with Crippen molar-refractivity contribution in [3.05, 3.63) is 58.2 Å². The van der Waals surface area contributed by atoms with Crippen molar-refractivity contribution in [2.45, 2.75) is 92.0 Å². The molecule has 3 atom stereocenters. The van der Waals surface area contributed by atoms with Crippen LogP contribution < -0.4 is 10.7 Å². The van der Waals surface area contributed by atoms with Crippen LogP contribution in [0.15, 0.2) is 41.9 Å². The second-order valence-electron chi connectivity index (χ2n) is 15.5. The van der Waals surface area contributed by atoms with E-state index >= 15 is 0 Å². The van der Waals surface area contributed by atoms with E-state index in [0.29, 0.717) is 32.4 Å². The third-order valence-electron chi connectivity index (χ3n) is 10.1. The number of hydrogen-bond acceptors (Lipinski definition) is 9. The van der Waals surface area contributed by atoms with E-state index in [1.54, 1.807) is 25.3 Å². The Kier molecular flexibility index (Phi) is 16.8. The number of ether oxygens (including phenoxy) is 2. The average Bonchev–Trinajstić information content (AvgIpc) is 3.73. The molecule has 0 saturated carbocycles. The molecule has 308 valence electrons. The summed E-state index contributed by atoms with van der Waals surface area (Å²) in [6, 6.07) is 8.60. The summed E-state index contributed by atoms with van der Waals surface area (Å²) in [5.41, 5.74) is 9.60. The molecule has 1 saturated heterocycles. The van der Waals surface area contributed by atoms with Gasteiger partial charge in [-0.15, -0.1) is 11.3 Å². The minimum Gasteiger partial charge on any atom is -0.464 e. The number of cyclic esters (lactones) is 1. The number of rotatable bonds is 7. The molecule has 0 spiro atoms. The summed E-state index contributed by atoms with van der Waals surface area (Å²) in [5.74, 6) is -0.457. The standard InChI is InChI=1S/C40H53N7O5S.3H2S/c1-9-46-33-15-14-26-18-28(33)29(36(46)27-12-10-16-41-35(27)25(4)51-8)20-40(5,6)23-52-38(49)30-13-11-17-47(44-30)37(48)31(19-34-42-32(26)22-53-34)43-39(50)45(7)21-24(2)3;;;/h10,12,14-16,18,22,24-25,30-31,44H,9,11,13,17,19-21,23H2,1-8H3,(H,43,50);3*1H2/t25-,30-,31-;;;/m0.../s1. The smallest absolute Gasteiger partial charge is 0.324 e. The fraction of sp³-hybridized carbons (Fsp3) is 0.525. The van der Waals surface area contributed by atoms with Crippen LogP contribution in [0.4, 0.5) is 4.79 Å². The van der Waals surface area contributed by atoms with E-state index in [0.717, 1.165) is 56.2 Å². The van der Waals surface area contributed by atoms with Gasteiger partial charge in [0.1, 0.15) is 12.1 Å². The molecule has 12 nitrogen and oxygen atoms in total. The number of pyridine rings is 1. The highest BCUT2D eigenvalue weighted by atomic mass is 32.1. The fourth-order valence-corrected chi connectivity index (χ4v) is 8.30. The van der Waals surface area contributed by atoms with Gasteiger partial charge in [0.25, 0.3) is 5.91 Å². The summed E-state index contributed by atoms with van der Waals surface area (Å²) in [6.45, 7) is 14.3. The van der Waals surface area contributed by atoms with Gasteiger partial charge in [0.05, 0.1) is 34.8 Å². The lowest BCUT2D eigenvalue weighted by atomic mass is 9.84. The average molecular weight is 846 g/mol. The highest BCUT2D eigenvalue weighted by Gasteiger charge is 2.36. The number of esters is 1. The molecule has 6 bridgehead atoms. The van der Waals surface area contributed by atoms with Crippen molar-refractivity contribution < 1.29 is 23.9 Å². The predicted octanol–water partition coefficient (Wildman–Crippen LogP) is 6.72. The van der Waals surface area contributed by atoms with Crippen LogP contribution in [0, 0.1) is 11.3 Å². The summed E-state index contributed by atoms with van der Waals surface area (Å²) < 4.78 is 14.2. The maximum Gasteiger partial charge on any atom is 0.324 e. The first-order valence-electron chi connectivity index (χ1n) is 18.6. The maximum absolute atomic E-state index is 14.1. The summed E-state index contributed by atoms with van der Waals surface area (Å²) in [6.07, 6.45) is 3.55. The van der Waals surface area contributed by atoms with Gasteiger partial charge in [-0.3, -0.25) is 19.6 Å². The van der Waals surface area contributed by atoms with Crippen molar-refractivity contribution in [2.75, 3.05) is 33.9 Å². The van der Waals surface area contributed by atoms with Crippen LogP contribution in [0.25, 0.3) is 33.4 Å². The Morgan fingerprint density at radius 2 is 1.93 bits per heavy atom. The van der Waals surface area contributed by atoms with E-state index in [2.05, 4.69) is 60.3 Å². The first-order chi connectivity index (χ1) is 25.3. The van der Waals surface area contributed by atoms with Crippen molar-refractivity contribution in [1.29, 1.82) is 0 Å². The minimum absolute atomic E-state index is 0. The topological polar surface area (TPSA) is 131 Å². The van der Waals surface area contributed by atoms with E-state index < -0.39 is 23.5 Å². The number of benzene rings is 1. The number of carbonyl (C=O) groups excluding carboxylic acids is 3. The largest absolute Gasteiger partial charge is 0.464 e. The molecule has 1 aromatic carbocycles. The van der Waals surface area contributed by atoms with Crippen LogP contribution in [0.3, 0.4) is 0 Å². The predicted molar refractivity (Wildman–Crippen MR) is 238 cm³/mol. The van der Waals surface area contributed by atoms with Crippen LogP contribution in [0.5, 0.6) is 0 Å². The molecule has 56 heavy (non-hydrogen) atoms. The van der Waals surface area contributed by atoms with Gasteiger partial charge < -0.3 is 24.3 Å². The van der Waals surface area contributed by atoms with Gasteiger partial charge in [-0.25, -0.2) is 15.2 Å². The lowest BCUT2D eigenvalue weighted by Gasteiger charge is -2.35. The number of aromatic nitrogens is 3. The molecule has 3 aromatic heterocycles. The Morgan fingerprint density at radius 1 is 1.18 bits per heavy atom. The number of carbonyl (C=O) groups is 3. The third-order valence-corrected chi connectivity index (χ3v) is 11.0. The normalized spacial score (nSPS) is 18.8. The SMILES string of the molecule is CCn1c(-c2cccnc2[C@H](C)OC)c2c3cc(ccc31)-c1csc(n1)C[C@H](NC(=O)N(C)CC(C)C)C(=O)N1CCC[C@H](N1)C(=O)OCC(C)(C)C2.S.S.S. The number of hydrazine groups is 1. The van der Waals surface area contributed by atoms with Crippen molar-refractivity contribution in [3.8, 4) is 22.5 Å². The van der Waals surface area contributed by atoms with Crippen molar-refractivity contribution in [3.63, 3.8) is 0 Å². The van der Waals surface area contributed by atoms with Gasteiger partial charge in [-0.05, 0) is 68.9 Å². The van der Waals surface area contributed by atoms with Crippen LogP contribution in [-0.2, 0) is 38.4 Å². The third kappa shape index (κ3) is 10.2. The molecule has 3 amide bonds. The Bertz CT molecular complexity index is 1980. The van der Waals surface area contributed by atoms with Gasteiger partial charge in [0.2, 0.25) is 0 Å². The zero-order valence-electron chi connectivity index (χ0n) is 33.7. The second-order valence-corrected chi connectivity index (χ2v) is 16.4. The minimum atomic E-state index is -0.894. The molecule has 2 aliphatic heterocycles. The van der Waals surface area contributed by atoms with Crippen LogP contribution in [-0.4, -0.2) is 88.3 Å². The van der Waals surface area contributed by atoms with Gasteiger partial charge in [-0.2, -0.15) is 40.5 Å². The molecule has 16 heteroatoms. The number of thiazole rings is 1. The van der Waals surface area contributed by atoms with E-state index in [9.17, 15) is 14.4 Å². The van der Waals surface area contributed by atoms with Crippen molar-refractivity contribution in [1.82, 2.24) is 35.2 Å². The molecule has 0 unspecified atom stereocenters. The van der Waals surface area contributed by atoms with Gasteiger partial charge in [0.15, 0.2) is 0 Å². The van der Waals surface area contributed by atoms with Crippen molar-refractivity contribution >= 4 is 80.6 Å². The van der Waals surface area contributed by atoms with E-state index in [1.165, 1.54) is 16.3 Å². The highest BCUT2D eigenvalue weighted by Crippen LogP contribution is 2.42. The van der Waals surface area contributed by atoms with Gasteiger partial charge in [0, 0.05) is 79.2 Å². The van der Waals surface area contributed by atoms with E-state index in [4.69, 9.17) is 19.4 Å². The zero-order chi connectivity index (χ0) is 38.0. The number of fused-ring (bicyclic) bond motifs is 6. The highest BCUT2D eigenvalue weighted by molar-refractivity contribution is 7.59. The molecular weight excluding hydrogens is 787 g/mol.